The highest BCUT2D eigenvalue weighted by Gasteiger charge is 2.12. The van der Waals surface area contributed by atoms with Gasteiger partial charge in [-0.3, -0.25) is 0 Å². The van der Waals surface area contributed by atoms with Gasteiger partial charge in [-0.05, 0) is 36.9 Å². The first-order valence-electron chi connectivity index (χ1n) is 7.10. The molecule has 0 bridgehead atoms. The highest BCUT2D eigenvalue weighted by molar-refractivity contribution is 7.99. The quantitative estimate of drug-likeness (QED) is 0.765. The van der Waals surface area contributed by atoms with Crippen LogP contribution in [0.4, 0.5) is 0 Å². The fraction of sp³-hybridized carbons (Fsp3) is 0.438. The lowest BCUT2D eigenvalue weighted by Crippen LogP contribution is -2.23. The first kappa shape index (κ1) is 15.5. The number of nitrogens with one attached hydrogen (secondary N) is 1. The van der Waals surface area contributed by atoms with Crippen LogP contribution in [0.2, 0.25) is 0 Å². The van der Waals surface area contributed by atoms with E-state index >= 15 is 0 Å². The summed E-state index contributed by atoms with van der Waals surface area (Å²) in [5.41, 5.74) is 2.53. The minimum atomic E-state index is 0.349. The number of hydrogen-bond acceptors (Lipinski definition) is 4. The molecular weight excluding hydrogens is 284 g/mol. The van der Waals surface area contributed by atoms with Crippen LogP contribution in [0.15, 0.2) is 34.5 Å². The van der Waals surface area contributed by atoms with Gasteiger partial charge in [-0.2, -0.15) is 0 Å². The Morgan fingerprint density at radius 3 is 2.55 bits per heavy atom. The molecule has 1 unspecified atom stereocenters. The van der Waals surface area contributed by atoms with Crippen molar-refractivity contribution in [2.75, 3.05) is 12.3 Å². The van der Waals surface area contributed by atoms with Crippen molar-refractivity contribution < 1.29 is 0 Å². The Hall–Kier alpha value is -0.840. The number of hydrogen-bond donors (Lipinski definition) is 1. The summed E-state index contributed by atoms with van der Waals surface area (Å²) < 4.78 is 0. The van der Waals surface area contributed by atoms with Gasteiger partial charge in [0.2, 0.25) is 0 Å². The zero-order valence-corrected chi connectivity index (χ0v) is 14.0. The molecule has 108 valence electrons. The second-order valence-electron chi connectivity index (χ2n) is 4.67. The molecule has 0 amide bonds. The van der Waals surface area contributed by atoms with Crippen LogP contribution >= 0.6 is 23.1 Å². The van der Waals surface area contributed by atoms with Crippen molar-refractivity contribution in [3.05, 3.63) is 45.9 Å². The monoisotopic (exact) mass is 306 g/mol. The molecule has 0 radical (unpaired) electrons. The maximum absolute atomic E-state index is 4.58. The molecular formula is C16H22N2S2. The topological polar surface area (TPSA) is 24.9 Å². The molecule has 2 aromatic rings. The highest BCUT2D eigenvalue weighted by Crippen LogP contribution is 2.23. The maximum atomic E-state index is 4.58. The van der Waals surface area contributed by atoms with E-state index in [1.54, 1.807) is 11.3 Å². The van der Waals surface area contributed by atoms with E-state index < -0.39 is 0 Å². The second kappa shape index (κ2) is 7.81. The van der Waals surface area contributed by atoms with E-state index in [4.69, 9.17) is 0 Å². The Balaban J connectivity index is 2.10. The fourth-order valence-corrected chi connectivity index (χ4v) is 3.52. The lowest BCUT2D eigenvalue weighted by molar-refractivity contribution is 0.544. The SMILES string of the molecule is CCNC(Cc1csc(C)n1)c1ccc(SCC)cc1. The van der Waals surface area contributed by atoms with Gasteiger partial charge in [0.1, 0.15) is 0 Å². The van der Waals surface area contributed by atoms with Crippen molar-refractivity contribution in [2.45, 2.75) is 38.1 Å². The van der Waals surface area contributed by atoms with Crippen molar-refractivity contribution in [1.29, 1.82) is 0 Å². The molecule has 1 heterocycles. The van der Waals surface area contributed by atoms with E-state index in [-0.39, 0.29) is 0 Å². The summed E-state index contributed by atoms with van der Waals surface area (Å²) in [7, 11) is 0. The normalized spacial score (nSPS) is 12.6. The zero-order valence-electron chi connectivity index (χ0n) is 12.3. The molecule has 1 atom stereocenters. The van der Waals surface area contributed by atoms with Crippen LogP contribution in [0.1, 0.15) is 36.2 Å². The van der Waals surface area contributed by atoms with Crippen LogP contribution in [-0.2, 0) is 6.42 Å². The highest BCUT2D eigenvalue weighted by atomic mass is 32.2. The van der Waals surface area contributed by atoms with E-state index in [2.05, 4.69) is 60.7 Å². The number of benzene rings is 1. The first-order valence-corrected chi connectivity index (χ1v) is 8.96. The zero-order chi connectivity index (χ0) is 14.4. The second-order valence-corrected chi connectivity index (χ2v) is 7.07. The number of thiazole rings is 1. The standard InChI is InChI=1S/C16H22N2S2/c1-4-17-16(10-14-11-20-12(3)18-14)13-6-8-15(9-7-13)19-5-2/h6-9,11,16-17H,4-5,10H2,1-3H3. The molecule has 1 aromatic carbocycles. The van der Waals surface area contributed by atoms with Gasteiger partial charge in [0.05, 0.1) is 10.7 Å². The van der Waals surface area contributed by atoms with Gasteiger partial charge in [-0.25, -0.2) is 4.98 Å². The molecule has 0 spiro atoms. The smallest absolute Gasteiger partial charge is 0.0897 e. The summed E-state index contributed by atoms with van der Waals surface area (Å²) in [5.74, 6) is 1.12. The van der Waals surface area contributed by atoms with Crippen LogP contribution in [0.5, 0.6) is 0 Å². The molecule has 4 heteroatoms. The molecule has 2 rings (SSSR count). The minimum absolute atomic E-state index is 0.349. The number of likely N-dealkylation sites (N-methyl/N-ethyl adjacent to an activating group) is 1. The Bertz CT molecular complexity index is 520. The average molecular weight is 307 g/mol. The molecule has 0 fully saturated rings. The van der Waals surface area contributed by atoms with E-state index in [0.29, 0.717) is 6.04 Å². The van der Waals surface area contributed by atoms with Crippen LogP contribution in [0.25, 0.3) is 0 Å². The van der Waals surface area contributed by atoms with Crippen molar-refractivity contribution >= 4 is 23.1 Å². The van der Waals surface area contributed by atoms with Crippen LogP contribution < -0.4 is 5.32 Å². The molecule has 20 heavy (non-hydrogen) atoms. The summed E-state index contributed by atoms with van der Waals surface area (Å²) >= 11 is 3.61. The fourth-order valence-electron chi connectivity index (χ4n) is 2.23. The average Bonchev–Trinajstić information content (AvgIpc) is 2.85. The third kappa shape index (κ3) is 4.33. The van der Waals surface area contributed by atoms with Crippen LogP contribution in [0.3, 0.4) is 0 Å². The molecule has 1 aromatic heterocycles. The molecule has 0 saturated carbocycles. The molecule has 0 aliphatic carbocycles. The van der Waals surface area contributed by atoms with Crippen molar-refractivity contribution in [3.8, 4) is 0 Å². The summed E-state index contributed by atoms with van der Waals surface area (Å²) in [6.07, 6.45) is 0.957. The lowest BCUT2D eigenvalue weighted by atomic mass is 10.0. The Kier molecular flexibility index (Phi) is 6.07. The van der Waals surface area contributed by atoms with E-state index in [1.165, 1.54) is 16.2 Å². The third-order valence-electron chi connectivity index (χ3n) is 3.12. The van der Waals surface area contributed by atoms with Crippen molar-refractivity contribution in [1.82, 2.24) is 10.3 Å². The predicted octanol–water partition coefficient (Wildman–Crippen LogP) is 4.46. The van der Waals surface area contributed by atoms with E-state index in [1.807, 2.05) is 11.8 Å². The van der Waals surface area contributed by atoms with Gasteiger partial charge in [-0.15, -0.1) is 23.1 Å². The Morgan fingerprint density at radius 2 is 2.00 bits per heavy atom. The predicted molar refractivity (Wildman–Crippen MR) is 89.8 cm³/mol. The van der Waals surface area contributed by atoms with Gasteiger partial charge in [-0.1, -0.05) is 26.0 Å². The number of aromatic nitrogens is 1. The van der Waals surface area contributed by atoms with E-state index in [0.717, 1.165) is 23.7 Å². The Morgan fingerprint density at radius 1 is 1.25 bits per heavy atom. The molecule has 1 N–H and O–H groups in total. The largest absolute Gasteiger partial charge is 0.310 e. The number of aryl methyl sites for hydroxylation is 1. The summed E-state index contributed by atoms with van der Waals surface area (Å²) in [6.45, 7) is 7.37. The number of thioether (sulfide) groups is 1. The lowest BCUT2D eigenvalue weighted by Gasteiger charge is -2.17. The molecule has 2 nitrogen and oxygen atoms in total. The van der Waals surface area contributed by atoms with Gasteiger partial charge < -0.3 is 5.32 Å². The summed E-state index contributed by atoms with van der Waals surface area (Å²) in [6, 6.07) is 9.28. The summed E-state index contributed by atoms with van der Waals surface area (Å²) in [4.78, 5) is 5.92. The third-order valence-corrected chi connectivity index (χ3v) is 4.84. The first-order chi connectivity index (χ1) is 9.72. The molecule has 0 saturated heterocycles. The van der Waals surface area contributed by atoms with Gasteiger partial charge >= 0.3 is 0 Å². The maximum Gasteiger partial charge on any atom is 0.0897 e. The van der Waals surface area contributed by atoms with Crippen LogP contribution in [-0.4, -0.2) is 17.3 Å². The van der Waals surface area contributed by atoms with Gasteiger partial charge in [0, 0.05) is 22.7 Å². The molecule has 0 aliphatic rings. The summed E-state index contributed by atoms with van der Waals surface area (Å²) in [5, 5.41) is 6.88. The molecule has 0 aliphatic heterocycles. The van der Waals surface area contributed by atoms with Gasteiger partial charge in [0.15, 0.2) is 0 Å². The minimum Gasteiger partial charge on any atom is -0.310 e. The number of nitrogens with zero attached hydrogens (tertiary/aromatic N) is 1. The van der Waals surface area contributed by atoms with Crippen molar-refractivity contribution in [3.63, 3.8) is 0 Å². The van der Waals surface area contributed by atoms with Gasteiger partial charge in [0.25, 0.3) is 0 Å². The Labute approximate surface area is 130 Å². The number of rotatable bonds is 7. The van der Waals surface area contributed by atoms with E-state index in [9.17, 15) is 0 Å². The van der Waals surface area contributed by atoms with Crippen LogP contribution in [0, 0.1) is 6.92 Å². The van der Waals surface area contributed by atoms with Crippen molar-refractivity contribution in [2.24, 2.45) is 0 Å².